The molecule has 0 saturated heterocycles. The number of amides is 3. The van der Waals surface area contributed by atoms with Gasteiger partial charge in [-0.3, -0.25) is 25.2 Å². The van der Waals surface area contributed by atoms with Crippen molar-refractivity contribution in [3.05, 3.63) is 65.7 Å². The second-order valence-electron chi connectivity index (χ2n) is 6.36. The van der Waals surface area contributed by atoms with E-state index < -0.39 is 11.8 Å². The number of ether oxygens (including phenoxy) is 1. The number of carbonyl (C=O) groups excluding carboxylic acids is 3. The molecule has 3 N–H and O–H groups in total. The standard InChI is InChI=1S/C21H21N3O4/c1-28-18-5-3-2-4-14(18)10-13-19(25)23-24-21(27)16-8-11-17(12-9-16)22-20(26)15-6-7-15/h2-5,8-13,15H,6-7H2,1H3,(H,22,26)(H,23,25)(H,24,27)/b13-10+. The van der Waals surface area contributed by atoms with Gasteiger partial charge in [-0.2, -0.15) is 0 Å². The predicted molar refractivity (Wildman–Crippen MR) is 105 cm³/mol. The van der Waals surface area contributed by atoms with Crippen LogP contribution in [-0.2, 0) is 9.59 Å². The average molecular weight is 379 g/mol. The molecule has 0 radical (unpaired) electrons. The molecule has 3 amide bonds. The van der Waals surface area contributed by atoms with Crippen LogP contribution in [-0.4, -0.2) is 24.8 Å². The SMILES string of the molecule is COc1ccccc1/C=C/C(=O)NNC(=O)c1ccc(NC(=O)C2CC2)cc1. The first kappa shape index (κ1) is 19.2. The van der Waals surface area contributed by atoms with Crippen molar-refractivity contribution in [1.82, 2.24) is 10.9 Å². The van der Waals surface area contributed by atoms with E-state index in [4.69, 9.17) is 4.74 Å². The molecule has 0 heterocycles. The highest BCUT2D eigenvalue weighted by Gasteiger charge is 2.29. The first-order valence-corrected chi connectivity index (χ1v) is 8.89. The van der Waals surface area contributed by atoms with Gasteiger partial charge in [0.2, 0.25) is 5.91 Å². The summed E-state index contributed by atoms with van der Waals surface area (Å²) in [4.78, 5) is 35.7. The van der Waals surface area contributed by atoms with Crippen LogP contribution < -0.4 is 20.9 Å². The molecule has 1 aliphatic carbocycles. The van der Waals surface area contributed by atoms with Gasteiger partial charge in [0.1, 0.15) is 5.75 Å². The Morgan fingerprint density at radius 2 is 1.71 bits per heavy atom. The molecule has 0 bridgehead atoms. The zero-order valence-corrected chi connectivity index (χ0v) is 15.4. The van der Waals surface area contributed by atoms with Crippen LogP contribution in [0, 0.1) is 5.92 Å². The number of nitrogens with one attached hydrogen (secondary N) is 3. The third-order valence-corrected chi connectivity index (χ3v) is 4.22. The molecule has 7 nitrogen and oxygen atoms in total. The fourth-order valence-corrected chi connectivity index (χ4v) is 2.50. The topological polar surface area (TPSA) is 96.5 Å². The van der Waals surface area contributed by atoms with Crippen molar-refractivity contribution in [2.45, 2.75) is 12.8 Å². The zero-order chi connectivity index (χ0) is 19.9. The lowest BCUT2D eigenvalue weighted by atomic mass is 10.2. The molecule has 1 saturated carbocycles. The molecular weight excluding hydrogens is 358 g/mol. The Hall–Kier alpha value is -3.61. The second-order valence-corrected chi connectivity index (χ2v) is 6.36. The Kier molecular flexibility index (Phi) is 6.06. The van der Waals surface area contributed by atoms with E-state index >= 15 is 0 Å². The Morgan fingerprint density at radius 1 is 1.00 bits per heavy atom. The normalized spacial score (nSPS) is 13.0. The van der Waals surface area contributed by atoms with E-state index in [9.17, 15) is 14.4 Å². The molecule has 7 heteroatoms. The number of hydrogen-bond donors (Lipinski definition) is 3. The molecule has 0 aromatic heterocycles. The number of rotatable bonds is 6. The highest BCUT2D eigenvalue weighted by Crippen LogP contribution is 2.30. The van der Waals surface area contributed by atoms with E-state index in [1.165, 1.54) is 6.08 Å². The largest absolute Gasteiger partial charge is 0.496 e. The fraction of sp³-hybridized carbons (Fsp3) is 0.190. The Bertz CT molecular complexity index is 902. The quantitative estimate of drug-likeness (QED) is 0.531. The van der Waals surface area contributed by atoms with E-state index in [0.29, 0.717) is 17.0 Å². The lowest BCUT2D eigenvalue weighted by molar-refractivity contribution is -0.118. The molecule has 1 aliphatic rings. The van der Waals surface area contributed by atoms with Gasteiger partial charge in [-0.15, -0.1) is 0 Å². The van der Waals surface area contributed by atoms with Gasteiger partial charge in [-0.1, -0.05) is 18.2 Å². The Morgan fingerprint density at radius 3 is 2.39 bits per heavy atom. The minimum absolute atomic E-state index is 0.00583. The van der Waals surface area contributed by atoms with Crippen molar-refractivity contribution in [3.63, 3.8) is 0 Å². The molecule has 2 aromatic rings. The predicted octanol–water partition coefficient (Wildman–Crippen LogP) is 2.52. The van der Waals surface area contributed by atoms with Gasteiger partial charge in [0.25, 0.3) is 11.8 Å². The summed E-state index contributed by atoms with van der Waals surface area (Å²) in [5.41, 5.74) is 6.41. The van der Waals surface area contributed by atoms with Crippen LogP contribution >= 0.6 is 0 Å². The number of benzene rings is 2. The summed E-state index contributed by atoms with van der Waals surface area (Å²) in [6.07, 6.45) is 4.75. The highest BCUT2D eigenvalue weighted by atomic mass is 16.5. The van der Waals surface area contributed by atoms with E-state index in [1.54, 1.807) is 43.5 Å². The first-order chi connectivity index (χ1) is 13.6. The maximum atomic E-state index is 12.1. The van der Waals surface area contributed by atoms with Crippen LogP contribution in [0.5, 0.6) is 5.75 Å². The van der Waals surface area contributed by atoms with Crippen molar-refractivity contribution in [3.8, 4) is 5.75 Å². The Balaban J connectivity index is 1.49. The number of para-hydroxylation sites is 1. The molecule has 28 heavy (non-hydrogen) atoms. The molecule has 0 unspecified atom stereocenters. The van der Waals surface area contributed by atoms with Crippen molar-refractivity contribution >= 4 is 29.5 Å². The van der Waals surface area contributed by atoms with Crippen LogP contribution in [0.25, 0.3) is 6.08 Å². The van der Waals surface area contributed by atoms with E-state index in [0.717, 1.165) is 18.4 Å². The first-order valence-electron chi connectivity index (χ1n) is 8.89. The summed E-state index contributed by atoms with van der Waals surface area (Å²) in [5.74, 6) is -0.176. The lowest BCUT2D eigenvalue weighted by Crippen LogP contribution is -2.40. The van der Waals surface area contributed by atoms with Crippen LogP contribution in [0.2, 0.25) is 0 Å². The van der Waals surface area contributed by atoms with Crippen LogP contribution in [0.3, 0.4) is 0 Å². The maximum absolute atomic E-state index is 12.1. The molecule has 2 aromatic carbocycles. The fourth-order valence-electron chi connectivity index (χ4n) is 2.50. The Labute approximate surface area is 162 Å². The van der Waals surface area contributed by atoms with Crippen molar-refractivity contribution in [1.29, 1.82) is 0 Å². The van der Waals surface area contributed by atoms with Crippen molar-refractivity contribution in [2.24, 2.45) is 5.92 Å². The lowest BCUT2D eigenvalue weighted by Gasteiger charge is -2.07. The minimum Gasteiger partial charge on any atom is -0.496 e. The molecule has 0 aliphatic heterocycles. The van der Waals surface area contributed by atoms with E-state index in [-0.39, 0.29) is 11.8 Å². The molecule has 144 valence electrons. The van der Waals surface area contributed by atoms with Gasteiger partial charge < -0.3 is 10.1 Å². The average Bonchev–Trinajstić information content (AvgIpc) is 3.56. The second kappa shape index (κ2) is 8.85. The number of methoxy groups -OCH3 is 1. The monoisotopic (exact) mass is 379 g/mol. The van der Waals surface area contributed by atoms with Gasteiger partial charge in [-0.25, -0.2) is 0 Å². The number of hydrazine groups is 1. The summed E-state index contributed by atoms with van der Waals surface area (Å²) < 4.78 is 5.20. The summed E-state index contributed by atoms with van der Waals surface area (Å²) in [5, 5.41) is 2.80. The maximum Gasteiger partial charge on any atom is 0.269 e. The molecule has 1 fully saturated rings. The summed E-state index contributed by atoms with van der Waals surface area (Å²) >= 11 is 0. The summed E-state index contributed by atoms with van der Waals surface area (Å²) in [7, 11) is 1.55. The molecule has 0 atom stereocenters. The minimum atomic E-state index is -0.479. The smallest absolute Gasteiger partial charge is 0.269 e. The van der Waals surface area contributed by atoms with E-state index in [1.807, 2.05) is 18.2 Å². The van der Waals surface area contributed by atoms with Gasteiger partial charge in [0.05, 0.1) is 7.11 Å². The van der Waals surface area contributed by atoms with Gasteiger partial charge in [0.15, 0.2) is 0 Å². The summed E-state index contributed by atoms with van der Waals surface area (Å²) in [6.45, 7) is 0. The zero-order valence-electron chi connectivity index (χ0n) is 15.4. The molecule has 0 spiro atoms. The van der Waals surface area contributed by atoms with Gasteiger partial charge in [0, 0.05) is 28.8 Å². The number of hydrogen-bond acceptors (Lipinski definition) is 4. The van der Waals surface area contributed by atoms with Crippen molar-refractivity contribution < 1.29 is 19.1 Å². The number of anilines is 1. The van der Waals surface area contributed by atoms with Gasteiger partial charge in [-0.05, 0) is 49.2 Å². The molecule has 3 rings (SSSR count). The summed E-state index contributed by atoms with van der Waals surface area (Å²) in [6, 6.07) is 13.7. The third kappa shape index (κ3) is 5.20. The molecular formula is C21H21N3O4. The van der Waals surface area contributed by atoms with E-state index in [2.05, 4.69) is 16.2 Å². The van der Waals surface area contributed by atoms with Crippen LogP contribution in [0.1, 0.15) is 28.8 Å². The van der Waals surface area contributed by atoms with Crippen molar-refractivity contribution in [2.75, 3.05) is 12.4 Å². The van der Waals surface area contributed by atoms with Crippen LogP contribution in [0.15, 0.2) is 54.6 Å². The highest BCUT2D eigenvalue weighted by molar-refractivity contribution is 5.99. The number of carbonyl (C=O) groups is 3. The van der Waals surface area contributed by atoms with Gasteiger partial charge >= 0.3 is 0 Å². The third-order valence-electron chi connectivity index (χ3n) is 4.22. The van der Waals surface area contributed by atoms with Crippen LogP contribution in [0.4, 0.5) is 5.69 Å².